The maximum atomic E-state index is 12.0. The molecule has 0 aliphatic heterocycles. The van der Waals surface area contributed by atoms with Crippen LogP contribution < -0.4 is 5.32 Å². The number of fused-ring (bicyclic) bond motifs is 1. The molecule has 0 aromatic carbocycles. The molecule has 4 aliphatic carbocycles. The van der Waals surface area contributed by atoms with Gasteiger partial charge in [-0.1, -0.05) is 0 Å². The summed E-state index contributed by atoms with van der Waals surface area (Å²) in [5.74, 6) is 2.50. The normalized spacial score (nSPS) is 59.9. The third kappa shape index (κ3) is 0.629. The molecule has 0 heterocycles. The van der Waals surface area contributed by atoms with Crippen molar-refractivity contribution < 1.29 is 9.53 Å². The highest BCUT2D eigenvalue weighted by atomic mass is 16.5. The quantitative estimate of drug-likeness (QED) is 0.712. The molecule has 4 fully saturated rings. The van der Waals surface area contributed by atoms with Crippen molar-refractivity contribution in [3.05, 3.63) is 0 Å². The van der Waals surface area contributed by atoms with Gasteiger partial charge < -0.3 is 10.1 Å². The van der Waals surface area contributed by atoms with Crippen LogP contribution in [0.15, 0.2) is 0 Å². The zero-order valence-corrected chi connectivity index (χ0v) is 9.95. The molecule has 4 rings (SSSR count). The molecule has 0 aromatic rings. The number of ether oxygens (including phenoxy) is 1. The second-order valence-corrected chi connectivity index (χ2v) is 6.34. The Hall–Kier alpha value is -0.570. The fourth-order valence-electron chi connectivity index (χ4n) is 6.14. The molecule has 4 aliphatic rings. The largest absolute Gasteiger partial charge is 0.469 e. The Balaban J connectivity index is 1.73. The summed E-state index contributed by atoms with van der Waals surface area (Å²) < 4.78 is 5.06. The van der Waals surface area contributed by atoms with E-state index >= 15 is 0 Å². The van der Waals surface area contributed by atoms with Gasteiger partial charge in [0.2, 0.25) is 0 Å². The third-order valence-electron chi connectivity index (χ3n) is 6.48. The van der Waals surface area contributed by atoms with Crippen LogP contribution in [-0.2, 0) is 9.53 Å². The first-order valence-corrected chi connectivity index (χ1v) is 6.45. The smallest absolute Gasteiger partial charge is 0.312 e. The average molecular weight is 221 g/mol. The van der Waals surface area contributed by atoms with Crippen molar-refractivity contribution in [2.24, 2.45) is 28.6 Å². The Kier molecular flexibility index (Phi) is 1.46. The van der Waals surface area contributed by atoms with Gasteiger partial charge in [0, 0.05) is 6.04 Å². The molecule has 1 N–H and O–H groups in total. The molecule has 3 heteroatoms. The minimum atomic E-state index is -0.0581. The summed E-state index contributed by atoms with van der Waals surface area (Å²) >= 11 is 0. The number of hydrogen-bond donors (Lipinski definition) is 1. The summed E-state index contributed by atoms with van der Waals surface area (Å²) in [6.45, 7) is 0. The van der Waals surface area contributed by atoms with Crippen LogP contribution in [0.3, 0.4) is 0 Å². The van der Waals surface area contributed by atoms with E-state index in [4.69, 9.17) is 4.74 Å². The van der Waals surface area contributed by atoms with Crippen LogP contribution in [0, 0.1) is 28.6 Å². The first kappa shape index (κ1) is 9.46. The highest BCUT2D eigenvalue weighted by Crippen LogP contribution is 2.86. The van der Waals surface area contributed by atoms with Crippen molar-refractivity contribution in [1.82, 2.24) is 5.32 Å². The molecule has 4 saturated carbocycles. The van der Waals surface area contributed by atoms with Gasteiger partial charge in [-0.2, -0.15) is 0 Å². The van der Waals surface area contributed by atoms with Crippen LogP contribution in [0.4, 0.5) is 0 Å². The summed E-state index contributed by atoms with van der Waals surface area (Å²) in [7, 11) is 3.62. The van der Waals surface area contributed by atoms with Crippen LogP contribution in [0.5, 0.6) is 0 Å². The van der Waals surface area contributed by atoms with Crippen molar-refractivity contribution in [2.75, 3.05) is 14.2 Å². The zero-order chi connectivity index (χ0) is 11.1. The molecule has 0 saturated heterocycles. The summed E-state index contributed by atoms with van der Waals surface area (Å²) in [6.07, 6.45) is 4.82. The molecule has 6 unspecified atom stereocenters. The van der Waals surface area contributed by atoms with Gasteiger partial charge >= 0.3 is 5.97 Å². The molecule has 6 atom stereocenters. The van der Waals surface area contributed by atoms with E-state index in [1.54, 1.807) is 7.11 Å². The van der Waals surface area contributed by atoms with Gasteiger partial charge in [-0.15, -0.1) is 0 Å². The minimum absolute atomic E-state index is 0.0581. The summed E-state index contributed by atoms with van der Waals surface area (Å²) in [5, 5.41) is 3.48. The van der Waals surface area contributed by atoms with Crippen LogP contribution in [0.1, 0.15) is 25.7 Å². The molecule has 1 spiro atoms. The molecular weight excluding hydrogens is 202 g/mol. The molecule has 3 nitrogen and oxygen atoms in total. The minimum Gasteiger partial charge on any atom is -0.469 e. The SMILES string of the molecule is CNC1C2CC3CC4(C(=O)OC)CC1C34C2. The Morgan fingerprint density at radius 1 is 1.38 bits per heavy atom. The van der Waals surface area contributed by atoms with Gasteiger partial charge in [0.25, 0.3) is 0 Å². The Morgan fingerprint density at radius 2 is 2.19 bits per heavy atom. The number of nitrogens with one attached hydrogen (secondary N) is 1. The maximum Gasteiger partial charge on any atom is 0.312 e. The van der Waals surface area contributed by atoms with E-state index in [1.807, 2.05) is 0 Å². The van der Waals surface area contributed by atoms with Crippen molar-refractivity contribution in [3.8, 4) is 0 Å². The van der Waals surface area contributed by atoms with Crippen molar-refractivity contribution >= 4 is 5.97 Å². The van der Waals surface area contributed by atoms with E-state index in [-0.39, 0.29) is 11.4 Å². The van der Waals surface area contributed by atoms with E-state index in [0.29, 0.717) is 11.5 Å². The van der Waals surface area contributed by atoms with Gasteiger partial charge in [-0.05, 0) is 55.9 Å². The van der Waals surface area contributed by atoms with Crippen LogP contribution >= 0.6 is 0 Å². The predicted octanol–water partition coefficient (Wildman–Crippen LogP) is 1.18. The van der Waals surface area contributed by atoms with E-state index < -0.39 is 0 Å². The summed E-state index contributed by atoms with van der Waals surface area (Å²) in [5.41, 5.74) is 0.301. The second-order valence-electron chi connectivity index (χ2n) is 6.34. The van der Waals surface area contributed by atoms with Gasteiger partial charge in [0.05, 0.1) is 12.5 Å². The van der Waals surface area contributed by atoms with E-state index in [0.717, 1.165) is 30.6 Å². The van der Waals surface area contributed by atoms with Gasteiger partial charge in [0.15, 0.2) is 0 Å². The monoisotopic (exact) mass is 221 g/mol. The number of methoxy groups -OCH3 is 1. The predicted molar refractivity (Wildman–Crippen MR) is 58.7 cm³/mol. The van der Waals surface area contributed by atoms with Crippen LogP contribution in [0.25, 0.3) is 0 Å². The standard InChI is InChI=1S/C13H19NO2/c1-14-10-7-3-8-5-12(11(15)16-2)6-9(10)13(8,12)4-7/h7-10,14H,3-6H2,1-2H3. The summed E-state index contributed by atoms with van der Waals surface area (Å²) in [6, 6.07) is 0.675. The maximum absolute atomic E-state index is 12.0. The third-order valence-corrected chi connectivity index (χ3v) is 6.48. The van der Waals surface area contributed by atoms with Crippen molar-refractivity contribution in [2.45, 2.75) is 31.7 Å². The fourth-order valence-corrected chi connectivity index (χ4v) is 6.14. The molecule has 0 aromatic heterocycles. The summed E-state index contributed by atoms with van der Waals surface area (Å²) in [4.78, 5) is 12.0. The lowest BCUT2D eigenvalue weighted by Gasteiger charge is -2.73. The number of rotatable bonds is 2. The molecule has 0 radical (unpaired) electrons. The molecule has 2 bridgehead atoms. The van der Waals surface area contributed by atoms with E-state index in [2.05, 4.69) is 12.4 Å². The van der Waals surface area contributed by atoms with Crippen molar-refractivity contribution in [1.29, 1.82) is 0 Å². The highest BCUT2D eigenvalue weighted by Gasteiger charge is 2.86. The molecular formula is C13H19NO2. The van der Waals surface area contributed by atoms with Crippen molar-refractivity contribution in [3.63, 3.8) is 0 Å². The number of esters is 1. The Morgan fingerprint density at radius 3 is 2.88 bits per heavy atom. The second kappa shape index (κ2) is 2.47. The fraction of sp³-hybridized carbons (Fsp3) is 0.923. The topological polar surface area (TPSA) is 38.3 Å². The molecule has 88 valence electrons. The lowest BCUT2D eigenvalue weighted by Crippen LogP contribution is -2.74. The first-order valence-electron chi connectivity index (χ1n) is 6.45. The Bertz CT molecular complexity index is 382. The molecule has 0 amide bonds. The van der Waals surface area contributed by atoms with Gasteiger partial charge in [0.1, 0.15) is 0 Å². The lowest BCUT2D eigenvalue weighted by atomic mass is 9.30. The number of carbonyl (C=O) groups excluding carboxylic acids is 1. The zero-order valence-electron chi connectivity index (χ0n) is 9.95. The van der Waals surface area contributed by atoms with E-state index in [9.17, 15) is 4.79 Å². The van der Waals surface area contributed by atoms with Crippen LogP contribution in [-0.4, -0.2) is 26.2 Å². The molecule has 16 heavy (non-hydrogen) atoms. The van der Waals surface area contributed by atoms with E-state index in [1.165, 1.54) is 12.8 Å². The highest BCUT2D eigenvalue weighted by molar-refractivity contribution is 5.82. The first-order chi connectivity index (χ1) is 7.69. The average Bonchev–Trinajstić information content (AvgIpc) is 2.76. The number of carbonyl (C=O) groups is 1. The van der Waals surface area contributed by atoms with Gasteiger partial charge in [-0.3, -0.25) is 4.79 Å². The lowest BCUT2D eigenvalue weighted by molar-refractivity contribution is -0.267. The number of hydrogen-bond acceptors (Lipinski definition) is 3. The van der Waals surface area contributed by atoms with Gasteiger partial charge in [-0.25, -0.2) is 0 Å². The van der Waals surface area contributed by atoms with Crippen LogP contribution in [0.2, 0.25) is 0 Å². The Labute approximate surface area is 95.9 Å².